The van der Waals surface area contributed by atoms with Crippen molar-refractivity contribution in [1.82, 2.24) is 15.2 Å². The van der Waals surface area contributed by atoms with Gasteiger partial charge < -0.3 is 15.5 Å². The van der Waals surface area contributed by atoms with E-state index in [1.54, 1.807) is 12.1 Å². The van der Waals surface area contributed by atoms with Gasteiger partial charge in [-0.25, -0.2) is 9.37 Å². The number of nitrogen functional groups attached to an aromatic ring is 1. The molecule has 0 aliphatic carbocycles. The fourth-order valence-electron chi connectivity index (χ4n) is 3.05. The van der Waals surface area contributed by atoms with Gasteiger partial charge in [0.25, 0.3) is 0 Å². The molecule has 132 valence electrons. The molecule has 0 unspecified atom stereocenters. The van der Waals surface area contributed by atoms with Crippen LogP contribution >= 0.6 is 0 Å². The Bertz CT molecular complexity index is 856. The van der Waals surface area contributed by atoms with E-state index in [1.807, 2.05) is 30.5 Å². The van der Waals surface area contributed by atoms with Crippen LogP contribution in [0.5, 0.6) is 0 Å². The molecule has 1 aliphatic heterocycles. The van der Waals surface area contributed by atoms with Crippen LogP contribution in [0.25, 0.3) is 11.3 Å². The number of nitrogens with zero attached hydrogens (tertiary/aromatic N) is 5. The van der Waals surface area contributed by atoms with Crippen molar-refractivity contribution in [3.63, 3.8) is 0 Å². The number of aromatic nitrogens is 3. The zero-order chi connectivity index (χ0) is 17.9. The molecule has 2 aromatic heterocycles. The fourth-order valence-corrected chi connectivity index (χ4v) is 3.05. The number of nitrogens with two attached hydrogens (primary N) is 1. The minimum absolute atomic E-state index is 0.257. The molecule has 0 amide bonds. The summed E-state index contributed by atoms with van der Waals surface area (Å²) in [4.78, 5) is 8.64. The van der Waals surface area contributed by atoms with Crippen molar-refractivity contribution in [2.45, 2.75) is 0 Å². The first kappa shape index (κ1) is 16.3. The van der Waals surface area contributed by atoms with Gasteiger partial charge in [-0.15, -0.1) is 10.2 Å². The molecule has 7 heteroatoms. The lowest BCUT2D eigenvalue weighted by atomic mass is 10.1. The van der Waals surface area contributed by atoms with Crippen LogP contribution in [0.4, 0.5) is 21.7 Å². The molecule has 0 radical (unpaired) electrons. The van der Waals surface area contributed by atoms with E-state index in [0.717, 1.165) is 48.9 Å². The van der Waals surface area contributed by atoms with Crippen LogP contribution in [-0.4, -0.2) is 41.4 Å². The van der Waals surface area contributed by atoms with Gasteiger partial charge in [-0.2, -0.15) is 0 Å². The first-order chi connectivity index (χ1) is 12.7. The Balaban J connectivity index is 1.41. The van der Waals surface area contributed by atoms with E-state index in [-0.39, 0.29) is 5.82 Å². The van der Waals surface area contributed by atoms with E-state index in [9.17, 15) is 4.39 Å². The van der Waals surface area contributed by atoms with E-state index in [0.29, 0.717) is 5.82 Å². The molecule has 3 aromatic rings. The van der Waals surface area contributed by atoms with Crippen LogP contribution in [0.3, 0.4) is 0 Å². The van der Waals surface area contributed by atoms with E-state index in [1.165, 1.54) is 12.1 Å². The molecule has 1 saturated heterocycles. The van der Waals surface area contributed by atoms with Gasteiger partial charge in [-0.05, 0) is 48.5 Å². The fraction of sp³-hybridized carbons (Fsp3) is 0.211. The summed E-state index contributed by atoms with van der Waals surface area (Å²) in [5.74, 6) is 1.13. The smallest absolute Gasteiger partial charge is 0.151 e. The minimum atomic E-state index is -0.257. The molecule has 1 aliphatic rings. The van der Waals surface area contributed by atoms with Crippen molar-refractivity contribution >= 4 is 17.3 Å². The van der Waals surface area contributed by atoms with E-state index >= 15 is 0 Å². The SMILES string of the molecule is Nc1ccc(N2CCN(c3ccc(-c4ccc(F)cc4)nn3)CC2)cn1. The Hall–Kier alpha value is -3.22. The first-order valence-electron chi connectivity index (χ1n) is 8.50. The van der Waals surface area contributed by atoms with Crippen LogP contribution in [0, 0.1) is 5.82 Å². The van der Waals surface area contributed by atoms with Crippen molar-refractivity contribution < 1.29 is 4.39 Å². The Morgan fingerprint density at radius 1 is 0.808 bits per heavy atom. The topological polar surface area (TPSA) is 71.2 Å². The van der Waals surface area contributed by atoms with Gasteiger partial charge in [-0.1, -0.05) is 0 Å². The summed E-state index contributed by atoms with van der Waals surface area (Å²) in [5.41, 5.74) is 8.31. The maximum Gasteiger partial charge on any atom is 0.151 e. The summed E-state index contributed by atoms with van der Waals surface area (Å²) in [6.45, 7) is 3.48. The normalized spacial score (nSPS) is 14.5. The van der Waals surface area contributed by atoms with Crippen LogP contribution in [0.1, 0.15) is 0 Å². The average molecular weight is 350 g/mol. The Kier molecular flexibility index (Phi) is 4.35. The van der Waals surface area contributed by atoms with Gasteiger partial charge in [0.05, 0.1) is 17.6 Å². The predicted molar refractivity (Wildman–Crippen MR) is 101 cm³/mol. The lowest BCUT2D eigenvalue weighted by molar-refractivity contribution is 0.628. The standard InChI is InChI=1S/C19H19FN6/c20-15-3-1-14(2-4-15)17-6-8-19(24-23-17)26-11-9-25(10-12-26)16-5-7-18(21)22-13-16/h1-8,13H,9-12H2,(H2,21,22). The summed E-state index contributed by atoms with van der Waals surface area (Å²) in [6, 6.07) is 14.0. The summed E-state index contributed by atoms with van der Waals surface area (Å²) < 4.78 is 13.0. The molecule has 1 fully saturated rings. The van der Waals surface area contributed by atoms with Crippen LogP contribution in [-0.2, 0) is 0 Å². The van der Waals surface area contributed by atoms with Gasteiger partial charge >= 0.3 is 0 Å². The highest BCUT2D eigenvalue weighted by Crippen LogP contribution is 2.21. The number of pyridine rings is 1. The molecule has 0 bridgehead atoms. The van der Waals surface area contributed by atoms with Crippen LogP contribution < -0.4 is 15.5 Å². The molecule has 2 N–H and O–H groups in total. The Morgan fingerprint density at radius 3 is 2.15 bits per heavy atom. The maximum atomic E-state index is 13.0. The third-order valence-electron chi connectivity index (χ3n) is 4.53. The predicted octanol–water partition coefficient (Wildman–Crippen LogP) is 2.59. The highest BCUT2D eigenvalue weighted by atomic mass is 19.1. The highest BCUT2D eigenvalue weighted by Gasteiger charge is 2.19. The molecular weight excluding hydrogens is 331 g/mol. The average Bonchev–Trinajstić information content (AvgIpc) is 2.70. The molecule has 0 saturated carbocycles. The second kappa shape index (κ2) is 6.95. The molecule has 26 heavy (non-hydrogen) atoms. The van der Waals surface area contributed by atoms with Crippen molar-refractivity contribution in [2.75, 3.05) is 41.7 Å². The molecule has 0 spiro atoms. The van der Waals surface area contributed by atoms with E-state index in [4.69, 9.17) is 5.73 Å². The number of halogens is 1. The summed E-state index contributed by atoms with van der Waals surface area (Å²) in [6.07, 6.45) is 1.81. The first-order valence-corrected chi connectivity index (χ1v) is 8.50. The zero-order valence-corrected chi connectivity index (χ0v) is 14.2. The van der Waals surface area contributed by atoms with Crippen molar-refractivity contribution in [3.05, 3.63) is 60.5 Å². The Labute approximate surface area is 151 Å². The van der Waals surface area contributed by atoms with E-state index < -0.39 is 0 Å². The molecule has 3 heterocycles. The third-order valence-corrected chi connectivity index (χ3v) is 4.53. The second-order valence-corrected chi connectivity index (χ2v) is 6.20. The van der Waals surface area contributed by atoms with Gasteiger partial charge in [0, 0.05) is 31.7 Å². The highest BCUT2D eigenvalue weighted by molar-refractivity contribution is 5.60. The van der Waals surface area contributed by atoms with Crippen LogP contribution in [0.2, 0.25) is 0 Å². The van der Waals surface area contributed by atoms with Gasteiger partial charge in [0.2, 0.25) is 0 Å². The maximum absolute atomic E-state index is 13.0. The van der Waals surface area contributed by atoms with E-state index in [2.05, 4.69) is 25.0 Å². The zero-order valence-electron chi connectivity index (χ0n) is 14.2. The van der Waals surface area contributed by atoms with Crippen molar-refractivity contribution in [3.8, 4) is 11.3 Å². The number of hydrogen-bond acceptors (Lipinski definition) is 6. The third kappa shape index (κ3) is 3.42. The van der Waals surface area contributed by atoms with Gasteiger partial charge in [-0.3, -0.25) is 0 Å². The van der Waals surface area contributed by atoms with Gasteiger partial charge in [0.1, 0.15) is 11.6 Å². The quantitative estimate of drug-likeness (QED) is 0.783. The number of anilines is 3. The van der Waals surface area contributed by atoms with Crippen molar-refractivity contribution in [1.29, 1.82) is 0 Å². The van der Waals surface area contributed by atoms with Gasteiger partial charge in [0.15, 0.2) is 5.82 Å². The van der Waals surface area contributed by atoms with Crippen LogP contribution in [0.15, 0.2) is 54.7 Å². The number of benzene rings is 1. The second-order valence-electron chi connectivity index (χ2n) is 6.20. The lowest BCUT2D eigenvalue weighted by Gasteiger charge is -2.36. The number of rotatable bonds is 3. The minimum Gasteiger partial charge on any atom is -0.384 e. The molecular formula is C19H19FN6. The molecule has 6 nitrogen and oxygen atoms in total. The number of piperazine rings is 1. The Morgan fingerprint density at radius 2 is 1.54 bits per heavy atom. The summed E-state index contributed by atoms with van der Waals surface area (Å²) in [5, 5.41) is 8.63. The molecule has 1 aromatic carbocycles. The molecule has 4 rings (SSSR count). The number of hydrogen-bond donors (Lipinski definition) is 1. The largest absolute Gasteiger partial charge is 0.384 e. The monoisotopic (exact) mass is 350 g/mol. The molecule has 0 atom stereocenters. The summed E-state index contributed by atoms with van der Waals surface area (Å²) in [7, 11) is 0. The lowest BCUT2D eigenvalue weighted by Crippen LogP contribution is -2.46. The summed E-state index contributed by atoms with van der Waals surface area (Å²) >= 11 is 0. The van der Waals surface area contributed by atoms with Crippen molar-refractivity contribution in [2.24, 2.45) is 0 Å².